The first kappa shape index (κ1) is 15.0. The van der Waals surface area contributed by atoms with Gasteiger partial charge in [-0.1, -0.05) is 32.9 Å². The normalized spacial score (nSPS) is 14.9. The predicted octanol–water partition coefficient (Wildman–Crippen LogP) is 4.10. The van der Waals surface area contributed by atoms with Crippen molar-refractivity contribution in [3.63, 3.8) is 0 Å². The molecule has 2 atom stereocenters. The van der Waals surface area contributed by atoms with E-state index in [0.717, 1.165) is 6.54 Å². The molecule has 0 heterocycles. The number of hydrogen-bond donors (Lipinski definition) is 1. The highest BCUT2D eigenvalue weighted by Gasteiger charge is 2.20. The van der Waals surface area contributed by atoms with Crippen molar-refractivity contribution in [1.29, 1.82) is 0 Å². The van der Waals surface area contributed by atoms with Crippen LogP contribution in [0.2, 0.25) is 0 Å². The van der Waals surface area contributed by atoms with Gasteiger partial charge in [0.15, 0.2) is 0 Å². The molecule has 0 aliphatic heterocycles. The molecule has 0 aliphatic carbocycles. The first-order valence-corrected chi connectivity index (χ1v) is 7.60. The van der Waals surface area contributed by atoms with E-state index in [0.29, 0.717) is 17.9 Å². The maximum absolute atomic E-state index is 3.56. The minimum absolute atomic E-state index is 0.583. The molecule has 0 bridgehead atoms. The molecule has 96 valence electrons. The predicted molar refractivity (Wildman–Crippen MR) is 84.3 cm³/mol. The fourth-order valence-electron chi connectivity index (χ4n) is 2.36. The molecule has 0 aliphatic rings. The van der Waals surface area contributed by atoms with E-state index in [1.165, 1.54) is 15.6 Å². The molecule has 0 saturated carbocycles. The van der Waals surface area contributed by atoms with Crippen molar-refractivity contribution in [3.05, 3.63) is 33.4 Å². The number of rotatable bonds is 6. The molecule has 1 nitrogen and oxygen atoms in total. The second-order valence-corrected chi connectivity index (χ2v) is 6.33. The van der Waals surface area contributed by atoms with Crippen molar-refractivity contribution in [2.24, 2.45) is 11.8 Å². The molecule has 17 heavy (non-hydrogen) atoms. The second kappa shape index (κ2) is 7.37. The zero-order valence-corrected chi connectivity index (χ0v) is 13.5. The average Bonchev–Trinajstić information content (AvgIpc) is 2.28. The Hall–Kier alpha value is -0.0900. The summed E-state index contributed by atoms with van der Waals surface area (Å²) in [6, 6.07) is 9.50. The zero-order valence-electron chi connectivity index (χ0n) is 11.3. The van der Waals surface area contributed by atoms with Crippen LogP contribution in [-0.4, -0.2) is 12.6 Å². The van der Waals surface area contributed by atoms with Crippen molar-refractivity contribution in [2.45, 2.75) is 40.2 Å². The minimum Gasteiger partial charge on any atom is -0.314 e. The summed E-state index contributed by atoms with van der Waals surface area (Å²) >= 11 is 2.36. The molecule has 1 aromatic rings. The SMILES string of the molecule is CCNC(C)C(Cc1ccc(I)cc1)C(C)C. The summed E-state index contributed by atoms with van der Waals surface area (Å²) in [5.74, 6) is 1.42. The van der Waals surface area contributed by atoms with Crippen LogP contribution in [0.5, 0.6) is 0 Å². The van der Waals surface area contributed by atoms with Gasteiger partial charge in [0.05, 0.1) is 0 Å². The van der Waals surface area contributed by atoms with Crippen LogP contribution >= 0.6 is 22.6 Å². The lowest BCUT2D eigenvalue weighted by molar-refractivity contribution is 0.292. The van der Waals surface area contributed by atoms with E-state index >= 15 is 0 Å². The fraction of sp³-hybridized carbons (Fsp3) is 0.600. The van der Waals surface area contributed by atoms with Gasteiger partial charge in [-0.15, -0.1) is 0 Å². The lowest BCUT2D eigenvalue weighted by Gasteiger charge is -2.28. The van der Waals surface area contributed by atoms with E-state index in [1.807, 2.05) is 0 Å². The molecule has 2 unspecified atom stereocenters. The van der Waals surface area contributed by atoms with Gasteiger partial charge in [-0.2, -0.15) is 0 Å². The Morgan fingerprint density at radius 1 is 1.12 bits per heavy atom. The van der Waals surface area contributed by atoms with Gasteiger partial charge >= 0.3 is 0 Å². The van der Waals surface area contributed by atoms with Crippen LogP contribution in [0.15, 0.2) is 24.3 Å². The molecule has 0 radical (unpaired) electrons. The first-order valence-electron chi connectivity index (χ1n) is 6.52. The molecule has 1 rings (SSSR count). The highest BCUT2D eigenvalue weighted by molar-refractivity contribution is 14.1. The third-order valence-corrected chi connectivity index (χ3v) is 4.13. The quantitative estimate of drug-likeness (QED) is 0.766. The summed E-state index contributed by atoms with van der Waals surface area (Å²) in [4.78, 5) is 0. The van der Waals surface area contributed by atoms with E-state index in [-0.39, 0.29) is 0 Å². The highest BCUT2D eigenvalue weighted by atomic mass is 127. The maximum atomic E-state index is 3.56. The Balaban J connectivity index is 2.69. The number of benzene rings is 1. The first-order chi connectivity index (χ1) is 8.04. The lowest BCUT2D eigenvalue weighted by atomic mass is 9.84. The van der Waals surface area contributed by atoms with Crippen molar-refractivity contribution in [2.75, 3.05) is 6.54 Å². The molecular formula is C15H24IN. The number of halogens is 1. The largest absolute Gasteiger partial charge is 0.314 e. The van der Waals surface area contributed by atoms with Gasteiger partial charge in [0.2, 0.25) is 0 Å². The third-order valence-electron chi connectivity index (χ3n) is 3.41. The van der Waals surface area contributed by atoms with Crippen molar-refractivity contribution in [1.82, 2.24) is 5.32 Å². The molecule has 0 saturated heterocycles. The molecule has 0 amide bonds. The van der Waals surface area contributed by atoms with Crippen molar-refractivity contribution < 1.29 is 0 Å². The van der Waals surface area contributed by atoms with E-state index in [4.69, 9.17) is 0 Å². The van der Waals surface area contributed by atoms with Gasteiger partial charge in [0.25, 0.3) is 0 Å². The maximum Gasteiger partial charge on any atom is 0.0130 e. The van der Waals surface area contributed by atoms with E-state index < -0.39 is 0 Å². The number of hydrogen-bond acceptors (Lipinski definition) is 1. The van der Waals surface area contributed by atoms with Crippen molar-refractivity contribution in [3.8, 4) is 0 Å². The summed E-state index contributed by atoms with van der Waals surface area (Å²) in [5, 5.41) is 3.56. The molecule has 0 fully saturated rings. The number of nitrogens with one attached hydrogen (secondary N) is 1. The Kier molecular flexibility index (Phi) is 6.49. The Bertz CT molecular complexity index is 318. The van der Waals surface area contributed by atoms with Crippen LogP contribution in [0.3, 0.4) is 0 Å². The van der Waals surface area contributed by atoms with Gasteiger partial charge in [0.1, 0.15) is 0 Å². The second-order valence-electron chi connectivity index (χ2n) is 5.08. The summed E-state index contributed by atoms with van der Waals surface area (Å²) in [7, 11) is 0. The topological polar surface area (TPSA) is 12.0 Å². The highest BCUT2D eigenvalue weighted by Crippen LogP contribution is 2.21. The standard InChI is InChI=1S/C15H24IN/c1-5-17-12(4)15(11(2)3)10-13-6-8-14(16)9-7-13/h6-9,11-12,15,17H,5,10H2,1-4H3. The van der Waals surface area contributed by atoms with Gasteiger partial charge in [-0.3, -0.25) is 0 Å². The Morgan fingerprint density at radius 2 is 1.71 bits per heavy atom. The van der Waals surface area contributed by atoms with Crippen LogP contribution in [0.4, 0.5) is 0 Å². The van der Waals surface area contributed by atoms with Gasteiger partial charge in [-0.05, 0) is 72.0 Å². The summed E-state index contributed by atoms with van der Waals surface area (Å²) in [6.45, 7) is 10.2. The van der Waals surface area contributed by atoms with Gasteiger partial charge in [0, 0.05) is 9.61 Å². The van der Waals surface area contributed by atoms with Crippen LogP contribution in [-0.2, 0) is 6.42 Å². The van der Waals surface area contributed by atoms with E-state index in [2.05, 4.69) is 79.9 Å². The van der Waals surface area contributed by atoms with Crippen LogP contribution in [0.25, 0.3) is 0 Å². The Morgan fingerprint density at radius 3 is 2.18 bits per heavy atom. The van der Waals surface area contributed by atoms with Crippen LogP contribution in [0.1, 0.15) is 33.3 Å². The summed E-state index contributed by atoms with van der Waals surface area (Å²) in [5.41, 5.74) is 1.45. The third kappa shape index (κ3) is 4.96. The zero-order chi connectivity index (χ0) is 12.8. The molecule has 1 aromatic carbocycles. The Labute approximate surface area is 120 Å². The summed E-state index contributed by atoms with van der Waals surface area (Å²) in [6.07, 6.45) is 1.17. The van der Waals surface area contributed by atoms with Crippen molar-refractivity contribution >= 4 is 22.6 Å². The molecule has 0 spiro atoms. The molecule has 1 N–H and O–H groups in total. The van der Waals surface area contributed by atoms with Crippen LogP contribution in [0, 0.1) is 15.4 Å². The average molecular weight is 345 g/mol. The van der Waals surface area contributed by atoms with Crippen LogP contribution < -0.4 is 5.32 Å². The van der Waals surface area contributed by atoms with Gasteiger partial charge in [-0.25, -0.2) is 0 Å². The monoisotopic (exact) mass is 345 g/mol. The fourth-order valence-corrected chi connectivity index (χ4v) is 2.72. The molecular weight excluding hydrogens is 321 g/mol. The van der Waals surface area contributed by atoms with Gasteiger partial charge < -0.3 is 5.32 Å². The molecule has 2 heteroatoms. The minimum atomic E-state index is 0.583. The van der Waals surface area contributed by atoms with E-state index in [1.54, 1.807) is 0 Å². The van der Waals surface area contributed by atoms with E-state index in [9.17, 15) is 0 Å². The lowest BCUT2D eigenvalue weighted by Crippen LogP contribution is -2.37. The molecule has 0 aromatic heterocycles. The smallest absolute Gasteiger partial charge is 0.0130 e. The summed E-state index contributed by atoms with van der Waals surface area (Å²) < 4.78 is 1.31.